The molecule has 1 aliphatic rings. The van der Waals surface area contributed by atoms with E-state index in [0.29, 0.717) is 0 Å². The van der Waals surface area contributed by atoms with E-state index < -0.39 is 0 Å². The lowest BCUT2D eigenvalue weighted by Gasteiger charge is -2.22. The summed E-state index contributed by atoms with van der Waals surface area (Å²) in [5.74, 6) is 0. The maximum Gasteiger partial charge on any atom is 0.225 e. The molecule has 0 saturated carbocycles. The third-order valence-corrected chi connectivity index (χ3v) is 4.68. The van der Waals surface area contributed by atoms with Crippen LogP contribution in [-0.4, -0.2) is 32.6 Å². The van der Waals surface area contributed by atoms with Gasteiger partial charge in [-0.25, -0.2) is 9.67 Å². The Morgan fingerprint density at radius 2 is 2.26 bits per heavy atom. The van der Waals surface area contributed by atoms with Gasteiger partial charge in [-0.05, 0) is 59.7 Å². The molecule has 1 atom stereocenters. The Bertz CT molecular complexity index is 614. The summed E-state index contributed by atoms with van der Waals surface area (Å²) >= 11 is 9.77. The number of hydrogen-bond donors (Lipinski definition) is 0. The summed E-state index contributed by atoms with van der Waals surface area (Å²) in [6, 6.07) is 0. The molecule has 0 spiro atoms. The molecule has 0 aliphatic carbocycles. The van der Waals surface area contributed by atoms with Crippen LogP contribution < -0.4 is 0 Å². The van der Waals surface area contributed by atoms with Gasteiger partial charge in [0.05, 0.1) is 5.39 Å². The number of ether oxygens (including phenoxy) is 1. The zero-order chi connectivity index (χ0) is 13.4. The van der Waals surface area contributed by atoms with Crippen molar-refractivity contribution in [2.45, 2.75) is 30.5 Å². The summed E-state index contributed by atoms with van der Waals surface area (Å²) in [6.45, 7) is 0.775. The number of aromatic nitrogens is 4. The fraction of sp³-hybridized carbons (Fsp3) is 0.545. The molecule has 102 valence electrons. The van der Waals surface area contributed by atoms with E-state index in [1.807, 2.05) is 10.9 Å². The highest BCUT2D eigenvalue weighted by Gasteiger charge is 2.23. The van der Waals surface area contributed by atoms with Gasteiger partial charge in [-0.2, -0.15) is 10.1 Å². The molecular weight excluding hydrogens is 399 g/mol. The predicted molar refractivity (Wildman–Crippen MR) is 83.7 cm³/mol. The number of hydrogen-bond acceptors (Lipinski definition) is 5. The molecule has 0 amide bonds. The lowest BCUT2D eigenvalue weighted by molar-refractivity contribution is -0.0372. The molecule has 8 heteroatoms. The van der Waals surface area contributed by atoms with Crippen molar-refractivity contribution in [2.24, 2.45) is 0 Å². The minimum Gasteiger partial charge on any atom is -0.356 e. The molecule has 3 rings (SSSR count). The quantitative estimate of drug-likeness (QED) is 0.328. The van der Waals surface area contributed by atoms with Crippen molar-refractivity contribution < 1.29 is 4.74 Å². The average molecular weight is 411 g/mol. The van der Waals surface area contributed by atoms with Crippen molar-refractivity contribution in [3.63, 3.8) is 0 Å². The van der Waals surface area contributed by atoms with Crippen molar-refractivity contribution in [1.82, 2.24) is 19.7 Å². The van der Waals surface area contributed by atoms with Crippen molar-refractivity contribution in [1.29, 1.82) is 0 Å². The second-order valence-electron chi connectivity index (χ2n) is 4.26. The Balaban J connectivity index is 2.17. The van der Waals surface area contributed by atoms with E-state index in [1.54, 1.807) is 11.8 Å². The van der Waals surface area contributed by atoms with Gasteiger partial charge in [0.15, 0.2) is 11.9 Å². The van der Waals surface area contributed by atoms with Crippen LogP contribution in [0.1, 0.15) is 25.5 Å². The summed E-state index contributed by atoms with van der Waals surface area (Å²) in [5, 5.41) is 6.65. The van der Waals surface area contributed by atoms with Crippen LogP contribution in [0, 0.1) is 3.70 Å². The topological polar surface area (TPSA) is 52.8 Å². The third kappa shape index (κ3) is 2.57. The molecule has 1 fully saturated rings. The fourth-order valence-corrected chi connectivity index (χ4v) is 3.90. The van der Waals surface area contributed by atoms with Gasteiger partial charge in [0.25, 0.3) is 0 Å². The monoisotopic (exact) mass is 410 g/mol. The molecule has 0 bridgehead atoms. The summed E-state index contributed by atoms with van der Waals surface area (Å²) in [6.07, 6.45) is 5.15. The van der Waals surface area contributed by atoms with Gasteiger partial charge in [-0.3, -0.25) is 0 Å². The van der Waals surface area contributed by atoms with E-state index in [9.17, 15) is 0 Å². The minimum atomic E-state index is -0.0413. The third-order valence-electron chi connectivity index (χ3n) is 3.07. The van der Waals surface area contributed by atoms with Crippen molar-refractivity contribution in [3.8, 4) is 0 Å². The number of fused-ring (bicyclic) bond motifs is 1. The molecule has 0 N–H and O–H groups in total. The van der Waals surface area contributed by atoms with Gasteiger partial charge in [-0.15, -0.1) is 11.8 Å². The zero-order valence-corrected chi connectivity index (χ0v) is 14.0. The number of rotatable bonds is 2. The van der Waals surface area contributed by atoms with E-state index in [1.165, 1.54) is 0 Å². The van der Waals surface area contributed by atoms with E-state index in [2.05, 4.69) is 37.7 Å². The zero-order valence-electron chi connectivity index (χ0n) is 10.3. The molecule has 1 aliphatic heterocycles. The number of thioether (sulfide) groups is 1. The maximum atomic E-state index is 6.00. The van der Waals surface area contributed by atoms with Crippen molar-refractivity contribution >= 4 is 57.0 Å². The van der Waals surface area contributed by atoms with Gasteiger partial charge in [-0.1, -0.05) is 0 Å². The lowest BCUT2D eigenvalue weighted by atomic mass is 10.2. The first kappa shape index (κ1) is 13.8. The second kappa shape index (κ2) is 5.71. The first-order chi connectivity index (χ1) is 9.20. The molecule has 5 nitrogen and oxygen atoms in total. The largest absolute Gasteiger partial charge is 0.356 e. The minimum absolute atomic E-state index is 0.0413. The molecule has 0 aromatic carbocycles. The van der Waals surface area contributed by atoms with Crippen LogP contribution in [0.2, 0.25) is 5.28 Å². The average Bonchev–Trinajstić information content (AvgIpc) is 2.76. The Hall–Kier alpha value is -0.120. The second-order valence-corrected chi connectivity index (χ2v) is 6.41. The van der Waals surface area contributed by atoms with Crippen LogP contribution in [0.15, 0.2) is 5.03 Å². The number of nitrogens with zero attached hydrogens (tertiary/aromatic N) is 4. The first-order valence-electron chi connectivity index (χ1n) is 5.97. The summed E-state index contributed by atoms with van der Waals surface area (Å²) < 4.78 is 8.53. The van der Waals surface area contributed by atoms with Crippen molar-refractivity contribution in [2.75, 3.05) is 12.9 Å². The van der Waals surface area contributed by atoms with Crippen LogP contribution in [0.25, 0.3) is 11.0 Å². The normalized spacial score (nSPS) is 20.1. The van der Waals surface area contributed by atoms with E-state index >= 15 is 0 Å². The van der Waals surface area contributed by atoms with Crippen LogP contribution in [-0.2, 0) is 4.74 Å². The SMILES string of the molecule is CSc1nc(Cl)nc2c1c(I)nn2C1CCCCO1. The van der Waals surface area contributed by atoms with Gasteiger partial charge in [0.1, 0.15) is 8.73 Å². The van der Waals surface area contributed by atoms with E-state index in [0.717, 1.165) is 45.6 Å². The molecule has 19 heavy (non-hydrogen) atoms. The summed E-state index contributed by atoms with van der Waals surface area (Å²) in [7, 11) is 0. The highest BCUT2D eigenvalue weighted by molar-refractivity contribution is 14.1. The van der Waals surface area contributed by atoms with E-state index in [-0.39, 0.29) is 11.5 Å². The summed E-state index contributed by atoms with van der Waals surface area (Å²) in [4.78, 5) is 8.59. The maximum absolute atomic E-state index is 6.00. The Labute approximate surface area is 133 Å². The lowest BCUT2D eigenvalue weighted by Crippen LogP contribution is -2.19. The van der Waals surface area contributed by atoms with Crippen LogP contribution >= 0.6 is 46.0 Å². The summed E-state index contributed by atoms with van der Waals surface area (Å²) in [5.41, 5.74) is 0.764. The number of halogens is 2. The van der Waals surface area contributed by atoms with Gasteiger partial charge >= 0.3 is 0 Å². The van der Waals surface area contributed by atoms with E-state index in [4.69, 9.17) is 16.3 Å². The Kier molecular flexibility index (Phi) is 4.16. The van der Waals surface area contributed by atoms with Crippen molar-refractivity contribution in [3.05, 3.63) is 8.98 Å². The van der Waals surface area contributed by atoms with Gasteiger partial charge in [0.2, 0.25) is 5.28 Å². The van der Waals surface area contributed by atoms with Gasteiger partial charge < -0.3 is 4.74 Å². The highest BCUT2D eigenvalue weighted by Crippen LogP contribution is 2.32. The fourth-order valence-electron chi connectivity index (χ4n) is 2.21. The Morgan fingerprint density at radius 3 is 2.95 bits per heavy atom. The molecule has 2 aromatic rings. The molecule has 0 radical (unpaired) electrons. The molecule has 1 unspecified atom stereocenters. The highest BCUT2D eigenvalue weighted by atomic mass is 127. The van der Waals surface area contributed by atoms with Gasteiger partial charge in [0, 0.05) is 6.61 Å². The van der Waals surface area contributed by atoms with Crippen LogP contribution in [0.4, 0.5) is 0 Å². The molecule has 3 heterocycles. The Morgan fingerprint density at radius 1 is 1.42 bits per heavy atom. The van der Waals surface area contributed by atoms with Crippen LogP contribution in [0.3, 0.4) is 0 Å². The molecule has 1 saturated heterocycles. The van der Waals surface area contributed by atoms with Crippen LogP contribution in [0.5, 0.6) is 0 Å². The predicted octanol–water partition coefficient (Wildman–Crippen LogP) is 3.51. The molecular formula is C11H12ClIN4OS. The smallest absolute Gasteiger partial charge is 0.225 e. The first-order valence-corrected chi connectivity index (χ1v) is 8.65. The molecule has 2 aromatic heterocycles. The standard InChI is InChI=1S/C11H12ClIN4OS/c1-19-10-7-8(13)16-17(6-4-2-3-5-18-6)9(7)14-11(12)15-10/h6H,2-5H2,1H3.